The van der Waals surface area contributed by atoms with Crippen LogP contribution in [-0.2, 0) is 11.3 Å². The van der Waals surface area contributed by atoms with Gasteiger partial charge in [-0.3, -0.25) is 4.90 Å². The van der Waals surface area contributed by atoms with Gasteiger partial charge in [0.1, 0.15) is 5.75 Å². The maximum Gasteiger partial charge on any atom is 0.115 e. The first-order valence-electron chi connectivity index (χ1n) is 6.98. The smallest absolute Gasteiger partial charge is 0.115 e. The zero-order valence-electron chi connectivity index (χ0n) is 11.4. The van der Waals surface area contributed by atoms with Crippen molar-refractivity contribution in [3.63, 3.8) is 0 Å². The van der Waals surface area contributed by atoms with Gasteiger partial charge < -0.3 is 9.84 Å². The Kier molecular flexibility index (Phi) is 4.00. The first-order valence-corrected chi connectivity index (χ1v) is 6.98. The molecule has 1 aliphatic rings. The van der Waals surface area contributed by atoms with Gasteiger partial charge in [-0.05, 0) is 23.3 Å². The van der Waals surface area contributed by atoms with E-state index >= 15 is 0 Å². The van der Waals surface area contributed by atoms with E-state index in [1.165, 1.54) is 5.56 Å². The molecule has 1 saturated heterocycles. The molecule has 1 atom stereocenters. The second-order valence-electron chi connectivity index (χ2n) is 5.17. The molecular weight excluding hydrogens is 250 g/mol. The zero-order chi connectivity index (χ0) is 13.8. The van der Waals surface area contributed by atoms with Gasteiger partial charge in [0.25, 0.3) is 0 Å². The summed E-state index contributed by atoms with van der Waals surface area (Å²) in [6, 6.07) is 17.8. The van der Waals surface area contributed by atoms with E-state index in [0.29, 0.717) is 5.75 Å². The third kappa shape index (κ3) is 3.18. The molecule has 1 aliphatic heterocycles. The molecule has 2 aromatic rings. The van der Waals surface area contributed by atoms with E-state index in [0.717, 1.165) is 31.8 Å². The summed E-state index contributed by atoms with van der Waals surface area (Å²) in [5, 5.41) is 9.35. The molecular formula is C17H19NO2. The van der Waals surface area contributed by atoms with Gasteiger partial charge >= 0.3 is 0 Å². The Hall–Kier alpha value is -1.84. The van der Waals surface area contributed by atoms with Crippen LogP contribution in [0.15, 0.2) is 54.6 Å². The number of hydrogen-bond acceptors (Lipinski definition) is 3. The molecule has 0 aromatic heterocycles. The number of nitrogens with zero attached hydrogens (tertiary/aromatic N) is 1. The predicted octanol–water partition coefficient (Wildman–Crippen LogP) is 2.97. The van der Waals surface area contributed by atoms with Crippen molar-refractivity contribution < 1.29 is 9.84 Å². The lowest BCUT2D eigenvalue weighted by molar-refractivity contribution is -0.0329. The number of phenolic OH excluding ortho intramolecular Hbond substituents is 1. The van der Waals surface area contributed by atoms with Crippen LogP contribution in [0.25, 0.3) is 0 Å². The molecule has 0 spiro atoms. The highest BCUT2D eigenvalue weighted by Gasteiger charge is 2.21. The summed E-state index contributed by atoms with van der Waals surface area (Å²) >= 11 is 0. The van der Waals surface area contributed by atoms with Crippen molar-refractivity contribution in [2.45, 2.75) is 12.6 Å². The first kappa shape index (κ1) is 13.2. The van der Waals surface area contributed by atoms with Gasteiger partial charge in [-0.1, -0.05) is 42.5 Å². The predicted molar refractivity (Wildman–Crippen MR) is 78.5 cm³/mol. The molecule has 3 nitrogen and oxygen atoms in total. The minimum atomic E-state index is 0.0908. The lowest BCUT2D eigenvalue weighted by atomic mass is 10.1. The van der Waals surface area contributed by atoms with Gasteiger partial charge in [0.2, 0.25) is 0 Å². The zero-order valence-corrected chi connectivity index (χ0v) is 11.4. The Bertz CT molecular complexity index is 539. The van der Waals surface area contributed by atoms with Crippen LogP contribution in [0, 0.1) is 0 Å². The second kappa shape index (κ2) is 6.07. The third-order valence-electron chi connectivity index (χ3n) is 3.66. The summed E-state index contributed by atoms with van der Waals surface area (Å²) in [6.07, 6.45) is 0.0908. The van der Waals surface area contributed by atoms with E-state index in [1.54, 1.807) is 12.1 Å². The largest absolute Gasteiger partial charge is 0.508 e. The fourth-order valence-electron chi connectivity index (χ4n) is 2.58. The Morgan fingerprint density at radius 2 is 1.80 bits per heavy atom. The van der Waals surface area contributed by atoms with Crippen LogP contribution >= 0.6 is 0 Å². The first-order chi connectivity index (χ1) is 9.81. The van der Waals surface area contributed by atoms with Crippen molar-refractivity contribution in [2.75, 3.05) is 19.7 Å². The number of hydrogen-bond donors (Lipinski definition) is 1. The highest BCUT2D eigenvalue weighted by molar-refractivity contribution is 5.27. The Morgan fingerprint density at radius 1 is 1.05 bits per heavy atom. The van der Waals surface area contributed by atoms with Crippen molar-refractivity contribution in [1.29, 1.82) is 0 Å². The highest BCUT2D eigenvalue weighted by atomic mass is 16.5. The van der Waals surface area contributed by atoms with E-state index in [2.05, 4.69) is 29.2 Å². The lowest BCUT2D eigenvalue weighted by Crippen LogP contribution is -2.37. The maximum atomic E-state index is 9.35. The molecule has 1 fully saturated rings. The van der Waals surface area contributed by atoms with E-state index in [-0.39, 0.29) is 6.10 Å². The van der Waals surface area contributed by atoms with Gasteiger partial charge in [-0.25, -0.2) is 0 Å². The summed E-state index contributed by atoms with van der Waals surface area (Å²) in [6.45, 7) is 3.56. The van der Waals surface area contributed by atoms with Gasteiger partial charge in [-0.15, -0.1) is 0 Å². The van der Waals surface area contributed by atoms with E-state index in [9.17, 15) is 5.11 Å². The van der Waals surface area contributed by atoms with Crippen LogP contribution in [0.1, 0.15) is 17.2 Å². The maximum absolute atomic E-state index is 9.35. The Labute approximate surface area is 119 Å². The molecule has 0 radical (unpaired) electrons. The van der Waals surface area contributed by atoms with Crippen molar-refractivity contribution in [2.24, 2.45) is 0 Å². The van der Waals surface area contributed by atoms with Gasteiger partial charge in [0.15, 0.2) is 0 Å². The molecule has 0 saturated carbocycles. The third-order valence-corrected chi connectivity index (χ3v) is 3.66. The standard InChI is InChI=1S/C17H19NO2/c19-16-8-6-15(7-9-16)17-13-18(10-11-20-17)12-14-4-2-1-3-5-14/h1-9,17,19H,10-13H2. The topological polar surface area (TPSA) is 32.7 Å². The van der Waals surface area contributed by atoms with E-state index < -0.39 is 0 Å². The summed E-state index contributed by atoms with van der Waals surface area (Å²) in [5.74, 6) is 0.297. The SMILES string of the molecule is Oc1ccc(C2CN(Cc3ccccc3)CCO2)cc1. The van der Waals surface area contributed by atoms with Crippen LogP contribution in [-0.4, -0.2) is 29.7 Å². The number of ether oxygens (including phenoxy) is 1. The van der Waals surface area contributed by atoms with Crippen molar-refractivity contribution >= 4 is 0 Å². The van der Waals surface area contributed by atoms with Gasteiger partial charge in [-0.2, -0.15) is 0 Å². The molecule has 3 heteroatoms. The average molecular weight is 269 g/mol. The van der Waals surface area contributed by atoms with Crippen molar-refractivity contribution in [1.82, 2.24) is 4.90 Å². The highest BCUT2D eigenvalue weighted by Crippen LogP contribution is 2.24. The van der Waals surface area contributed by atoms with Crippen LogP contribution in [0.4, 0.5) is 0 Å². The molecule has 20 heavy (non-hydrogen) atoms. The molecule has 1 N–H and O–H groups in total. The molecule has 2 aromatic carbocycles. The quantitative estimate of drug-likeness (QED) is 0.930. The molecule has 1 unspecified atom stereocenters. The van der Waals surface area contributed by atoms with Crippen LogP contribution in [0.2, 0.25) is 0 Å². The second-order valence-corrected chi connectivity index (χ2v) is 5.17. The van der Waals surface area contributed by atoms with E-state index in [4.69, 9.17) is 4.74 Å². The molecule has 1 heterocycles. The summed E-state index contributed by atoms with van der Waals surface area (Å²) in [4.78, 5) is 2.41. The number of benzene rings is 2. The number of rotatable bonds is 3. The molecule has 0 bridgehead atoms. The van der Waals surface area contributed by atoms with Crippen molar-refractivity contribution in [3.05, 3.63) is 65.7 Å². The van der Waals surface area contributed by atoms with Crippen molar-refractivity contribution in [3.8, 4) is 5.75 Å². The van der Waals surface area contributed by atoms with Crippen LogP contribution < -0.4 is 0 Å². The molecule has 104 valence electrons. The molecule has 0 amide bonds. The minimum absolute atomic E-state index is 0.0908. The van der Waals surface area contributed by atoms with Gasteiger partial charge in [0.05, 0.1) is 12.7 Å². The Balaban J connectivity index is 1.66. The average Bonchev–Trinajstić information content (AvgIpc) is 2.49. The summed E-state index contributed by atoms with van der Waals surface area (Å²) in [5.41, 5.74) is 2.46. The van der Waals surface area contributed by atoms with Gasteiger partial charge in [0, 0.05) is 19.6 Å². The summed E-state index contributed by atoms with van der Waals surface area (Å²) < 4.78 is 5.85. The fourth-order valence-corrected chi connectivity index (χ4v) is 2.58. The Morgan fingerprint density at radius 3 is 2.55 bits per heavy atom. The monoisotopic (exact) mass is 269 g/mol. The van der Waals surface area contributed by atoms with Crippen LogP contribution in [0.3, 0.4) is 0 Å². The fraction of sp³-hybridized carbons (Fsp3) is 0.294. The lowest BCUT2D eigenvalue weighted by Gasteiger charge is -2.33. The normalized spacial score (nSPS) is 19.9. The number of phenols is 1. The molecule has 3 rings (SSSR count). The minimum Gasteiger partial charge on any atom is -0.508 e. The molecule has 0 aliphatic carbocycles. The summed E-state index contributed by atoms with van der Waals surface area (Å²) in [7, 11) is 0. The number of aromatic hydroxyl groups is 1. The van der Waals surface area contributed by atoms with Crippen LogP contribution in [0.5, 0.6) is 5.75 Å². The number of morpholine rings is 1. The van der Waals surface area contributed by atoms with E-state index in [1.807, 2.05) is 18.2 Å².